The van der Waals surface area contributed by atoms with Gasteiger partial charge in [-0.2, -0.15) is 0 Å². The summed E-state index contributed by atoms with van der Waals surface area (Å²) in [6.07, 6.45) is 4.13. The third-order valence-corrected chi connectivity index (χ3v) is 2.43. The third-order valence-electron chi connectivity index (χ3n) is 2.43. The van der Waals surface area contributed by atoms with Gasteiger partial charge in [-0.1, -0.05) is 24.3 Å². The fraction of sp³-hybridized carbons (Fsp3) is 0.308. The molecule has 0 aliphatic heterocycles. The van der Waals surface area contributed by atoms with Crippen molar-refractivity contribution in [2.75, 3.05) is 7.11 Å². The Labute approximate surface area is 101 Å². The summed E-state index contributed by atoms with van der Waals surface area (Å²) in [6.45, 7) is 1.93. The van der Waals surface area contributed by atoms with Gasteiger partial charge in [0.2, 0.25) is 0 Å². The van der Waals surface area contributed by atoms with Crippen LogP contribution in [0.5, 0.6) is 5.75 Å². The predicted octanol–water partition coefficient (Wildman–Crippen LogP) is 1.68. The molecule has 0 aromatic heterocycles. The first-order chi connectivity index (χ1) is 8.08. The highest BCUT2D eigenvalue weighted by atomic mass is 16.5. The highest BCUT2D eigenvalue weighted by Gasteiger charge is 2.14. The Kier molecular flexibility index (Phi) is 4.72. The number of nitrogens with two attached hydrogens (primary N) is 1. The van der Waals surface area contributed by atoms with Gasteiger partial charge in [0.15, 0.2) is 0 Å². The second-order valence-electron chi connectivity index (χ2n) is 3.72. The quantitative estimate of drug-likeness (QED) is 0.814. The van der Waals surface area contributed by atoms with Gasteiger partial charge in [-0.25, -0.2) is 0 Å². The van der Waals surface area contributed by atoms with Gasteiger partial charge in [0, 0.05) is 6.42 Å². The van der Waals surface area contributed by atoms with E-state index in [1.165, 1.54) is 0 Å². The molecule has 0 radical (unpaired) electrons. The number of aliphatic carboxylic acids is 1. The second-order valence-corrected chi connectivity index (χ2v) is 3.72. The van der Waals surface area contributed by atoms with E-state index in [0.717, 1.165) is 11.1 Å². The number of carboxylic acids is 1. The topological polar surface area (TPSA) is 72.6 Å². The zero-order valence-corrected chi connectivity index (χ0v) is 10.0. The zero-order valence-electron chi connectivity index (χ0n) is 10.0. The van der Waals surface area contributed by atoms with E-state index in [9.17, 15) is 4.79 Å². The minimum absolute atomic E-state index is 0.259. The van der Waals surface area contributed by atoms with E-state index < -0.39 is 12.0 Å². The molecule has 0 saturated carbocycles. The van der Waals surface area contributed by atoms with Crippen molar-refractivity contribution in [2.24, 2.45) is 5.73 Å². The molecule has 0 fully saturated rings. The van der Waals surface area contributed by atoms with Crippen LogP contribution in [0, 0.1) is 0 Å². The van der Waals surface area contributed by atoms with E-state index in [1.807, 2.05) is 37.3 Å². The number of rotatable bonds is 5. The van der Waals surface area contributed by atoms with Crippen molar-refractivity contribution in [2.45, 2.75) is 19.4 Å². The number of methoxy groups -OCH3 is 1. The molecule has 0 aliphatic rings. The van der Waals surface area contributed by atoms with Crippen molar-refractivity contribution in [3.8, 4) is 5.75 Å². The van der Waals surface area contributed by atoms with Gasteiger partial charge < -0.3 is 15.6 Å². The average molecular weight is 235 g/mol. The first-order valence-electron chi connectivity index (χ1n) is 5.36. The summed E-state index contributed by atoms with van der Waals surface area (Å²) in [7, 11) is 1.56. The lowest BCUT2D eigenvalue weighted by Crippen LogP contribution is -2.32. The monoisotopic (exact) mass is 235 g/mol. The Bertz CT molecular complexity index is 427. The van der Waals surface area contributed by atoms with Crippen molar-refractivity contribution in [1.82, 2.24) is 0 Å². The molecule has 4 nitrogen and oxygen atoms in total. The second kappa shape index (κ2) is 6.06. The minimum atomic E-state index is -1.01. The van der Waals surface area contributed by atoms with Crippen LogP contribution < -0.4 is 10.5 Å². The molecule has 0 spiro atoms. The number of allylic oxidation sites excluding steroid dienone is 1. The van der Waals surface area contributed by atoms with Crippen molar-refractivity contribution in [1.29, 1.82) is 0 Å². The summed E-state index contributed by atoms with van der Waals surface area (Å²) in [4.78, 5) is 10.7. The molecule has 1 atom stereocenters. The maximum absolute atomic E-state index is 10.7. The molecule has 4 heteroatoms. The van der Waals surface area contributed by atoms with Gasteiger partial charge in [0.05, 0.1) is 7.11 Å². The Balaban J connectivity index is 2.96. The molecule has 3 N–H and O–H groups in total. The molecule has 0 aliphatic carbocycles. The molecule has 1 rings (SSSR count). The lowest BCUT2D eigenvalue weighted by molar-refractivity contribution is -0.138. The van der Waals surface area contributed by atoms with Crippen LogP contribution in [0.4, 0.5) is 0 Å². The lowest BCUT2D eigenvalue weighted by atomic mass is 10.0. The van der Waals surface area contributed by atoms with E-state index >= 15 is 0 Å². The molecular weight excluding hydrogens is 218 g/mol. The lowest BCUT2D eigenvalue weighted by Gasteiger charge is -2.11. The summed E-state index contributed by atoms with van der Waals surface area (Å²) < 4.78 is 5.23. The molecular formula is C13H17NO3. The molecule has 0 bridgehead atoms. The number of hydrogen-bond acceptors (Lipinski definition) is 3. The van der Waals surface area contributed by atoms with Gasteiger partial charge in [-0.05, 0) is 24.1 Å². The summed E-state index contributed by atoms with van der Waals surface area (Å²) in [6, 6.07) is 4.71. The zero-order chi connectivity index (χ0) is 12.8. The highest BCUT2D eigenvalue weighted by molar-refractivity contribution is 5.73. The van der Waals surface area contributed by atoms with Gasteiger partial charge in [-0.3, -0.25) is 4.79 Å². The first kappa shape index (κ1) is 13.3. The van der Waals surface area contributed by atoms with Crippen molar-refractivity contribution >= 4 is 12.0 Å². The normalized spacial score (nSPS) is 12.6. The number of hydrogen-bond donors (Lipinski definition) is 2. The fourth-order valence-electron chi connectivity index (χ4n) is 1.55. The van der Waals surface area contributed by atoms with Crippen LogP contribution in [0.2, 0.25) is 0 Å². The van der Waals surface area contributed by atoms with Crippen molar-refractivity contribution < 1.29 is 14.6 Å². The van der Waals surface area contributed by atoms with Crippen LogP contribution in [0.25, 0.3) is 6.08 Å². The molecule has 92 valence electrons. The Hall–Kier alpha value is -1.81. The van der Waals surface area contributed by atoms with Crippen molar-refractivity contribution in [3.05, 3.63) is 35.4 Å². The molecule has 0 amide bonds. The Morgan fingerprint density at radius 1 is 1.59 bits per heavy atom. The molecule has 1 aromatic rings. The van der Waals surface area contributed by atoms with Crippen LogP contribution in [0.1, 0.15) is 18.1 Å². The summed E-state index contributed by atoms with van der Waals surface area (Å²) >= 11 is 0. The van der Waals surface area contributed by atoms with E-state index in [0.29, 0.717) is 5.75 Å². The summed E-state index contributed by atoms with van der Waals surface area (Å²) in [5.74, 6) is -0.345. The maximum atomic E-state index is 10.7. The summed E-state index contributed by atoms with van der Waals surface area (Å²) in [5.41, 5.74) is 7.31. The maximum Gasteiger partial charge on any atom is 0.320 e. The van der Waals surface area contributed by atoms with E-state index in [-0.39, 0.29) is 6.42 Å². The molecule has 0 unspecified atom stereocenters. The smallest absolute Gasteiger partial charge is 0.320 e. The Morgan fingerprint density at radius 2 is 2.29 bits per heavy atom. The van der Waals surface area contributed by atoms with Crippen molar-refractivity contribution in [3.63, 3.8) is 0 Å². The first-order valence-corrected chi connectivity index (χ1v) is 5.36. The number of benzene rings is 1. The predicted molar refractivity (Wildman–Crippen MR) is 67.0 cm³/mol. The van der Waals surface area contributed by atoms with Crippen LogP contribution >= 0.6 is 0 Å². The van der Waals surface area contributed by atoms with Crippen LogP contribution in [0.3, 0.4) is 0 Å². The molecule has 0 saturated heterocycles. The van der Waals surface area contributed by atoms with Gasteiger partial charge in [-0.15, -0.1) is 0 Å². The third kappa shape index (κ3) is 3.60. The van der Waals surface area contributed by atoms with Gasteiger partial charge >= 0.3 is 5.97 Å². The minimum Gasteiger partial charge on any atom is -0.496 e. The number of carbonyl (C=O) groups is 1. The van der Waals surface area contributed by atoms with E-state index in [1.54, 1.807) is 7.11 Å². The SMILES string of the molecule is C/C=C/c1ccc(C[C@H](N)C(=O)O)c(OC)c1. The van der Waals surface area contributed by atoms with Crippen LogP contribution in [-0.2, 0) is 11.2 Å². The molecule has 17 heavy (non-hydrogen) atoms. The largest absolute Gasteiger partial charge is 0.496 e. The molecule has 1 aromatic carbocycles. The fourth-order valence-corrected chi connectivity index (χ4v) is 1.55. The highest BCUT2D eigenvalue weighted by Crippen LogP contribution is 2.22. The van der Waals surface area contributed by atoms with E-state index in [2.05, 4.69) is 0 Å². The standard InChI is InChI=1S/C13H17NO3/c1-3-4-9-5-6-10(12(7-9)17-2)8-11(14)13(15)16/h3-7,11H,8,14H2,1-2H3,(H,15,16)/b4-3+/t11-/m0/s1. The van der Waals surface area contributed by atoms with Gasteiger partial charge in [0.1, 0.15) is 11.8 Å². The van der Waals surface area contributed by atoms with Crippen LogP contribution in [0.15, 0.2) is 24.3 Å². The Morgan fingerprint density at radius 3 is 2.82 bits per heavy atom. The average Bonchev–Trinajstić information content (AvgIpc) is 2.31. The number of ether oxygens (including phenoxy) is 1. The van der Waals surface area contributed by atoms with Gasteiger partial charge in [0.25, 0.3) is 0 Å². The molecule has 0 heterocycles. The summed E-state index contributed by atoms with van der Waals surface area (Å²) in [5, 5.41) is 8.77. The van der Waals surface area contributed by atoms with Crippen LogP contribution in [-0.4, -0.2) is 24.2 Å². The van der Waals surface area contributed by atoms with E-state index in [4.69, 9.17) is 15.6 Å². The number of carboxylic acid groups (broad SMARTS) is 1.